The molecule has 0 radical (unpaired) electrons. The number of methoxy groups -OCH3 is 2. The maximum absolute atomic E-state index is 12.0. The largest absolute Gasteiger partial charge is 0.468 e. The molecular weight excluding hydrogens is 256 g/mol. The van der Waals surface area contributed by atoms with Crippen molar-refractivity contribution < 1.29 is 19.1 Å². The van der Waals surface area contributed by atoms with Crippen LogP contribution in [0.4, 0.5) is 0 Å². The standard InChI is InChI=1S/C16H20O4/c1-19-14(17)16(15(18)20-2)9-8-13(11-16)10-12-6-4-3-5-7-12/h3-7,13H,8-11H2,1-2H3. The molecule has 0 N–H and O–H groups in total. The molecule has 4 nitrogen and oxygen atoms in total. The van der Waals surface area contributed by atoms with Crippen LogP contribution in [0.5, 0.6) is 0 Å². The van der Waals surface area contributed by atoms with Gasteiger partial charge in [-0.2, -0.15) is 0 Å². The van der Waals surface area contributed by atoms with Crippen LogP contribution >= 0.6 is 0 Å². The Morgan fingerprint density at radius 2 is 1.75 bits per heavy atom. The molecule has 2 rings (SSSR count). The summed E-state index contributed by atoms with van der Waals surface area (Å²) in [5.74, 6) is -0.643. The van der Waals surface area contributed by atoms with Crippen molar-refractivity contribution in [2.45, 2.75) is 25.7 Å². The molecule has 0 heterocycles. The summed E-state index contributed by atoms with van der Waals surface area (Å²) < 4.78 is 9.64. The van der Waals surface area contributed by atoms with Gasteiger partial charge in [-0.3, -0.25) is 9.59 Å². The van der Waals surface area contributed by atoms with Crippen LogP contribution in [0.3, 0.4) is 0 Å². The van der Waals surface area contributed by atoms with Gasteiger partial charge in [0.15, 0.2) is 5.41 Å². The van der Waals surface area contributed by atoms with Crippen LogP contribution < -0.4 is 0 Å². The number of hydrogen-bond donors (Lipinski definition) is 0. The summed E-state index contributed by atoms with van der Waals surface area (Å²) in [6, 6.07) is 10.1. The molecule has 1 saturated carbocycles. The van der Waals surface area contributed by atoms with E-state index in [-0.39, 0.29) is 0 Å². The monoisotopic (exact) mass is 276 g/mol. The van der Waals surface area contributed by atoms with Crippen molar-refractivity contribution in [2.75, 3.05) is 14.2 Å². The quantitative estimate of drug-likeness (QED) is 0.626. The van der Waals surface area contributed by atoms with Gasteiger partial charge in [0.1, 0.15) is 0 Å². The number of carbonyl (C=O) groups is 2. The second kappa shape index (κ2) is 6.07. The lowest BCUT2D eigenvalue weighted by Gasteiger charge is -2.23. The average Bonchev–Trinajstić information content (AvgIpc) is 2.91. The van der Waals surface area contributed by atoms with Gasteiger partial charge in [-0.15, -0.1) is 0 Å². The normalized spacial score (nSPS) is 20.4. The summed E-state index contributed by atoms with van der Waals surface area (Å²) in [5.41, 5.74) is 0.117. The summed E-state index contributed by atoms with van der Waals surface area (Å²) >= 11 is 0. The summed E-state index contributed by atoms with van der Waals surface area (Å²) in [5, 5.41) is 0. The fraction of sp³-hybridized carbons (Fsp3) is 0.500. The van der Waals surface area contributed by atoms with E-state index in [2.05, 4.69) is 12.1 Å². The van der Waals surface area contributed by atoms with E-state index in [4.69, 9.17) is 9.47 Å². The summed E-state index contributed by atoms with van der Waals surface area (Å²) in [4.78, 5) is 24.0. The minimum atomic E-state index is -1.11. The Kier molecular flexibility index (Phi) is 4.42. The second-order valence-corrected chi connectivity index (χ2v) is 5.36. The number of rotatable bonds is 4. The molecule has 1 aliphatic rings. The number of carbonyl (C=O) groups excluding carboxylic acids is 2. The second-order valence-electron chi connectivity index (χ2n) is 5.36. The van der Waals surface area contributed by atoms with E-state index in [1.807, 2.05) is 18.2 Å². The Balaban J connectivity index is 2.11. The lowest BCUT2D eigenvalue weighted by Crippen LogP contribution is -2.39. The third-order valence-electron chi connectivity index (χ3n) is 4.14. The molecule has 0 amide bonds. The van der Waals surface area contributed by atoms with Gasteiger partial charge in [0.25, 0.3) is 0 Å². The zero-order valence-corrected chi connectivity index (χ0v) is 11.9. The maximum atomic E-state index is 12.0. The molecule has 1 aliphatic carbocycles. The van der Waals surface area contributed by atoms with Gasteiger partial charge in [0, 0.05) is 0 Å². The van der Waals surface area contributed by atoms with Crippen LogP contribution in [0.1, 0.15) is 24.8 Å². The van der Waals surface area contributed by atoms with Crippen molar-refractivity contribution >= 4 is 11.9 Å². The molecule has 0 aliphatic heterocycles. The van der Waals surface area contributed by atoms with Crippen LogP contribution in [0, 0.1) is 11.3 Å². The Bertz CT molecular complexity index is 465. The van der Waals surface area contributed by atoms with Crippen molar-refractivity contribution in [1.29, 1.82) is 0 Å². The van der Waals surface area contributed by atoms with E-state index in [0.29, 0.717) is 18.8 Å². The van der Waals surface area contributed by atoms with Crippen LogP contribution in [0.2, 0.25) is 0 Å². The molecular formula is C16H20O4. The van der Waals surface area contributed by atoms with Crippen LogP contribution in [-0.4, -0.2) is 26.2 Å². The van der Waals surface area contributed by atoms with Crippen molar-refractivity contribution in [1.82, 2.24) is 0 Å². The van der Waals surface area contributed by atoms with E-state index < -0.39 is 17.4 Å². The first kappa shape index (κ1) is 14.6. The first-order valence-electron chi connectivity index (χ1n) is 6.83. The molecule has 0 aromatic heterocycles. The third kappa shape index (κ3) is 2.69. The Morgan fingerprint density at radius 3 is 2.30 bits per heavy atom. The lowest BCUT2D eigenvalue weighted by molar-refractivity contribution is -0.168. The van der Waals surface area contributed by atoms with Gasteiger partial charge >= 0.3 is 11.9 Å². The highest BCUT2D eigenvalue weighted by molar-refractivity contribution is 6.00. The fourth-order valence-electron chi connectivity index (χ4n) is 3.11. The predicted molar refractivity (Wildman–Crippen MR) is 74.0 cm³/mol. The minimum Gasteiger partial charge on any atom is -0.468 e. The van der Waals surface area contributed by atoms with Gasteiger partial charge < -0.3 is 9.47 Å². The first-order chi connectivity index (χ1) is 9.62. The van der Waals surface area contributed by atoms with Gasteiger partial charge in [0.2, 0.25) is 0 Å². The molecule has 0 saturated heterocycles. The van der Waals surface area contributed by atoms with Gasteiger partial charge in [-0.25, -0.2) is 0 Å². The van der Waals surface area contributed by atoms with Crippen molar-refractivity contribution in [2.24, 2.45) is 11.3 Å². The van der Waals surface area contributed by atoms with E-state index in [1.165, 1.54) is 19.8 Å². The lowest BCUT2D eigenvalue weighted by atomic mass is 9.84. The highest BCUT2D eigenvalue weighted by Gasteiger charge is 2.53. The van der Waals surface area contributed by atoms with Crippen molar-refractivity contribution in [3.05, 3.63) is 35.9 Å². The molecule has 1 aromatic carbocycles. The van der Waals surface area contributed by atoms with Gasteiger partial charge in [-0.1, -0.05) is 30.3 Å². The van der Waals surface area contributed by atoms with E-state index >= 15 is 0 Å². The number of benzene rings is 1. The Hall–Kier alpha value is -1.84. The topological polar surface area (TPSA) is 52.6 Å². The molecule has 20 heavy (non-hydrogen) atoms. The zero-order valence-electron chi connectivity index (χ0n) is 11.9. The highest BCUT2D eigenvalue weighted by Crippen LogP contribution is 2.44. The third-order valence-corrected chi connectivity index (χ3v) is 4.14. The van der Waals surface area contributed by atoms with Crippen molar-refractivity contribution in [3.8, 4) is 0 Å². The van der Waals surface area contributed by atoms with Gasteiger partial charge in [0.05, 0.1) is 14.2 Å². The van der Waals surface area contributed by atoms with E-state index in [0.717, 1.165) is 12.8 Å². The first-order valence-corrected chi connectivity index (χ1v) is 6.83. The summed E-state index contributed by atoms with van der Waals surface area (Å²) in [7, 11) is 2.63. The minimum absolute atomic E-state index is 0.301. The zero-order chi connectivity index (χ0) is 14.6. The Labute approximate surface area is 119 Å². The number of esters is 2. The Morgan fingerprint density at radius 1 is 1.15 bits per heavy atom. The van der Waals surface area contributed by atoms with Crippen LogP contribution in [0.15, 0.2) is 30.3 Å². The van der Waals surface area contributed by atoms with Crippen LogP contribution in [-0.2, 0) is 25.5 Å². The smallest absolute Gasteiger partial charge is 0.323 e. The molecule has 108 valence electrons. The molecule has 1 aromatic rings. The van der Waals surface area contributed by atoms with Gasteiger partial charge in [-0.05, 0) is 37.2 Å². The fourth-order valence-corrected chi connectivity index (χ4v) is 3.11. The molecule has 1 atom stereocenters. The SMILES string of the molecule is COC(=O)C1(C(=O)OC)CCC(Cc2ccccc2)C1. The molecule has 1 fully saturated rings. The number of hydrogen-bond acceptors (Lipinski definition) is 4. The predicted octanol–water partition coefficient (Wildman–Crippen LogP) is 2.36. The number of ether oxygens (including phenoxy) is 2. The maximum Gasteiger partial charge on any atom is 0.323 e. The van der Waals surface area contributed by atoms with Crippen molar-refractivity contribution in [3.63, 3.8) is 0 Å². The summed E-state index contributed by atoms with van der Waals surface area (Å²) in [6.07, 6.45) is 2.71. The molecule has 0 bridgehead atoms. The average molecular weight is 276 g/mol. The highest BCUT2D eigenvalue weighted by atomic mass is 16.5. The van der Waals surface area contributed by atoms with E-state index in [9.17, 15) is 9.59 Å². The summed E-state index contributed by atoms with van der Waals surface area (Å²) in [6.45, 7) is 0. The molecule has 1 unspecified atom stereocenters. The molecule has 0 spiro atoms. The molecule has 4 heteroatoms. The van der Waals surface area contributed by atoms with Crippen LogP contribution in [0.25, 0.3) is 0 Å². The van der Waals surface area contributed by atoms with E-state index in [1.54, 1.807) is 0 Å².